The van der Waals surface area contributed by atoms with E-state index < -0.39 is 0 Å². The first-order valence-corrected chi connectivity index (χ1v) is 12.3. The maximum absolute atomic E-state index is 15.3. The minimum atomic E-state index is -0.336. The lowest BCUT2D eigenvalue weighted by molar-refractivity contribution is 0.168. The summed E-state index contributed by atoms with van der Waals surface area (Å²) in [6, 6.07) is 6.29. The van der Waals surface area contributed by atoms with E-state index in [0.29, 0.717) is 13.0 Å². The van der Waals surface area contributed by atoms with E-state index in [2.05, 4.69) is 57.7 Å². The molecule has 4 heteroatoms. The van der Waals surface area contributed by atoms with Gasteiger partial charge in [0.25, 0.3) is 0 Å². The first-order valence-electron chi connectivity index (χ1n) is 12.3. The number of benzene rings is 1. The molecule has 0 aromatic heterocycles. The molecule has 0 amide bonds. The van der Waals surface area contributed by atoms with Crippen LogP contribution in [0.15, 0.2) is 59.7 Å². The number of hydrogen-bond donors (Lipinski definition) is 0. The fourth-order valence-electron chi connectivity index (χ4n) is 4.99. The molecule has 0 spiro atoms. The van der Waals surface area contributed by atoms with Gasteiger partial charge in [-0.2, -0.15) is 5.26 Å². The van der Waals surface area contributed by atoms with Gasteiger partial charge in [0.15, 0.2) is 11.6 Å². The summed E-state index contributed by atoms with van der Waals surface area (Å²) in [5, 5.41) is 10.6. The Hall–Kier alpha value is -3.06. The third kappa shape index (κ3) is 4.89. The zero-order valence-electron chi connectivity index (χ0n) is 20.5. The lowest BCUT2D eigenvalue weighted by atomic mass is 9.69. The Bertz CT molecular complexity index is 1230. The van der Waals surface area contributed by atoms with Gasteiger partial charge in [-0.25, -0.2) is 4.39 Å². The van der Waals surface area contributed by atoms with Crippen LogP contribution in [0.3, 0.4) is 0 Å². The van der Waals surface area contributed by atoms with Crippen molar-refractivity contribution in [2.75, 3.05) is 6.61 Å². The monoisotopic (exact) mass is 459 g/mol. The van der Waals surface area contributed by atoms with E-state index in [1.807, 2.05) is 6.07 Å². The number of fused-ring (bicyclic) bond motifs is 2. The lowest BCUT2D eigenvalue weighted by Gasteiger charge is -2.39. The van der Waals surface area contributed by atoms with Crippen LogP contribution in [0.4, 0.5) is 4.39 Å². The second-order valence-electron chi connectivity index (χ2n) is 10.1. The number of halogens is 1. The summed E-state index contributed by atoms with van der Waals surface area (Å²) < 4.78 is 27.5. The highest BCUT2D eigenvalue weighted by Gasteiger charge is 2.39. The minimum Gasteiger partial charge on any atom is -0.491 e. The predicted octanol–water partition coefficient (Wildman–Crippen LogP) is 6.09. The van der Waals surface area contributed by atoms with Crippen LogP contribution in [0.5, 0.6) is 5.75 Å². The molecule has 4 rings (SSSR count). The number of hydrogen-bond acceptors (Lipinski definition) is 3. The Morgan fingerprint density at radius 3 is 2.76 bits per heavy atom. The van der Waals surface area contributed by atoms with Crippen LogP contribution in [-0.4, -0.2) is 12.7 Å². The molecule has 0 fully saturated rings. The normalized spacial score (nSPS) is 22.4. The number of rotatable bonds is 8. The molecule has 3 nitrogen and oxygen atoms in total. The van der Waals surface area contributed by atoms with Crippen LogP contribution in [-0.2, 0) is 4.74 Å². The highest BCUT2D eigenvalue weighted by atomic mass is 19.1. The Morgan fingerprint density at radius 2 is 2.00 bits per heavy atom. The standard InChI is InChI=1S/C30H34FNO2/c1-20-16-22-26(17-21(20)2)34-27-19-28(33-15-11-7-5-6-10-14-32)25(31)18-23(27)29(22)24-12-8-9-13-30(24,3)4/h8-9,12,16-19,23,27H,2,5-7,10-11,13,15H2,1,3-4H3/t23?,27-/m1/s1. The topological polar surface area (TPSA) is 42.2 Å². The molecule has 2 aliphatic carbocycles. The van der Waals surface area contributed by atoms with Crippen LogP contribution in [0.1, 0.15) is 57.9 Å². The SMILES string of the molecule is C=c1cc2c(cc1C)=C(C1=CC=CCC1(C)C)C1C=C(F)C(OCCCCCCC#N)=C[C@H]1O2. The molecule has 0 bridgehead atoms. The molecule has 1 unspecified atom stereocenters. The largest absolute Gasteiger partial charge is 0.491 e. The number of nitriles is 1. The number of aryl methyl sites for hydroxylation is 1. The molecule has 34 heavy (non-hydrogen) atoms. The molecule has 1 aromatic carbocycles. The number of nitrogens with zero attached hydrogens (tertiary/aromatic N) is 1. The smallest absolute Gasteiger partial charge is 0.161 e. The Balaban J connectivity index is 1.64. The summed E-state index contributed by atoms with van der Waals surface area (Å²) >= 11 is 0. The maximum Gasteiger partial charge on any atom is 0.161 e. The summed E-state index contributed by atoms with van der Waals surface area (Å²) in [7, 11) is 0. The van der Waals surface area contributed by atoms with E-state index >= 15 is 4.39 Å². The third-order valence-electron chi connectivity index (χ3n) is 7.04. The molecule has 0 radical (unpaired) electrons. The second kappa shape index (κ2) is 10.1. The fourth-order valence-corrected chi connectivity index (χ4v) is 4.99. The van der Waals surface area contributed by atoms with Gasteiger partial charge in [0.05, 0.1) is 12.7 Å². The van der Waals surface area contributed by atoms with Crippen molar-refractivity contribution in [1.82, 2.24) is 0 Å². The van der Waals surface area contributed by atoms with E-state index in [1.54, 1.807) is 12.2 Å². The molecule has 0 saturated carbocycles. The van der Waals surface area contributed by atoms with Gasteiger partial charge in [0.2, 0.25) is 0 Å². The van der Waals surface area contributed by atoms with E-state index in [1.165, 1.54) is 5.57 Å². The molecule has 178 valence electrons. The molecule has 3 aliphatic rings. The predicted molar refractivity (Wildman–Crippen MR) is 135 cm³/mol. The van der Waals surface area contributed by atoms with E-state index in [9.17, 15) is 0 Å². The van der Waals surface area contributed by atoms with Crippen molar-refractivity contribution in [3.8, 4) is 11.8 Å². The number of ether oxygens (including phenoxy) is 2. The number of unbranched alkanes of at least 4 members (excludes halogenated alkanes) is 4. The molecule has 0 saturated heterocycles. The van der Waals surface area contributed by atoms with Gasteiger partial charge in [0.1, 0.15) is 11.9 Å². The van der Waals surface area contributed by atoms with Crippen LogP contribution >= 0.6 is 0 Å². The average molecular weight is 460 g/mol. The summed E-state index contributed by atoms with van der Waals surface area (Å²) in [4.78, 5) is 0. The zero-order chi connectivity index (χ0) is 24.3. The summed E-state index contributed by atoms with van der Waals surface area (Å²) in [5.74, 6) is 0.505. The molecular formula is C30H34FNO2. The van der Waals surface area contributed by atoms with Crippen molar-refractivity contribution in [2.24, 2.45) is 11.3 Å². The van der Waals surface area contributed by atoms with E-state index in [0.717, 1.165) is 59.4 Å². The highest BCUT2D eigenvalue weighted by molar-refractivity contribution is 5.75. The quantitative estimate of drug-likeness (QED) is 0.442. The van der Waals surface area contributed by atoms with Crippen molar-refractivity contribution >= 4 is 12.2 Å². The molecule has 1 aromatic rings. The van der Waals surface area contributed by atoms with E-state index in [4.69, 9.17) is 14.7 Å². The molecule has 0 N–H and O–H groups in total. The third-order valence-corrected chi connectivity index (χ3v) is 7.04. The minimum absolute atomic E-state index is 0.0589. The van der Waals surface area contributed by atoms with Crippen LogP contribution in [0, 0.1) is 29.6 Å². The molecular weight excluding hydrogens is 425 g/mol. The first-order chi connectivity index (χ1) is 16.3. The summed E-state index contributed by atoms with van der Waals surface area (Å²) in [6.07, 6.45) is 14.8. The van der Waals surface area contributed by atoms with E-state index in [-0.39, 0.29) is 29.0 Å². The Labute approximate surface area is 202 Å². The second-order valence-corrected chi connectivity index (χ2v) is 10.1. The Kier molecular flexibility index (Phi) is 7.12. The zero-order valence-corrected chi connectivity index (χ0v) is 20.5. The summed E-state index contributed by atoms with van der Waals surface area (Å²) in [6.45, 7) is 11.1. The molecule has 1 heterocycles. The van der Waals surface area contributed by atoms with Gasteiger partial charge >= 0.3 is 0 Å². The van der Waals surface area contributed by atoms with Crippen molar-refractivity contribution in [3.05, 3.63) is 75.7 Å². The van der Waals surface area contributed by atoms with Crippen LogP contribution < -0.4 is 15.2 Å². The maximum atomic E-state index is 15.3. The Morgan fingerprint density at radius 1 is 1.21 bits per heavy atom. The van der Waals surface area contributed by atoms with Crippen LogP contribution in [0.2, 0.25) is 0 Å². The van der Waals surface area contributed by atoms with Gasteiger partial charge < -0.3 is 9.47 Å². The van der Waals surface area contributed by atoms with Gasteiger partial charge in [-0.05, 0) is 71.7 Å². The average Bonchev–Trinajstić information content (AvgIpc) is 2.79. The lowest BCUT2D eigenvalue weighted by Crippen LogP contribution is -2.40. The summed E-state index contributed by atoms with van der Waals surface area (Å²) in [5.41, 5.74) is 3.39. The van der Waals surface area contributed by atoms with Gasteiger partial charge in [0, 0.05) is 23.6 Å². The highest BCUT2D eigenvalue weighted by Crippen LogP contribution is 2.46. The molecule has 1 aliphatic heterocycles. The van der Waals surface area contributed by atoms with Gasteiger partial charge in [-0.15, -0.1) is 0 Å². The molecule has 2 atom stereocenters. The van der Waals surface area contributed by atoms with Gasteiger partial charge in [-0.1, -0.05) is 51.5 Å². The fraction of sp³-hybridized carbons (Fsp3) is 0.433. The first kappa shape index (κ1) is 24.1. The van der Waals surface area contributed by atoms with Crippen molar-refractivity contribution in [3.63, 3.8) is 0 Å². The van der Waals surface area contributed by atoms with Crippen molar-refractivity contribution in [2.45, 2.75) is 65.4 Å². The van der Waals surface area contributed by atoms with Crippen LogP contribution in [0.25, 0.3) is 12.2 Å². The van der Waals surface area contributed by atoms with Crippen molar-refractivity contribution in [1.29, 1.82) is 5.26 Å². The van der Waals surface area contributed by atoms with Crippen molar-refractivity contribution < 1.29 is 13.9 Å². The number of allylic oxidation sites excluding steroid dienone is 5. The van der Waals surface area contributed by atoms with Gasteiger partial charge in [-0.3, -0.25) is 0 Å².